The fourth-order valence-electron chi connectivity index (χ4n) is 3.42. The van der Waals surface area contributed by atoms with Crippen molar-refractivity contribution in [3.8, 4) is 22.3 Å². The zero-order chi connectivity index (χ0) is 22.2. The minimum atomic E-state index is -4.28. The van der Waals surface area contributed by atoms with E-state index in [9.17, 15) is 18.0 Å². The highest BCUT2D eigenvalue weighted by atomic mass is 35.5. The van der Waals surface area contributed by atoms with Gasteiger partial charge in [-0.2, -0.15) is 13.2 Å². The molecule has 0 saturated carbocycles. The van der Waals surface area contributed by atoms with Crippen molar-refractivity contribution < 1.29 is 13.2 Å². The minimum absolute atomic E-state index is 0.129. The topological polar surface area (TPSA) is 39.3 Å². The second kappa shape index (κ2) is 8.40. The maximum Gasteiger partial charge on any atom is 0.389 e. The molecule has 160 valence electrons. The van der Waals surface area contributed by atoms with Crippen LogP contribution in [0.1, 0.15) is 12.8 Å². The van der Waals surface area contributed by atoms with Crippen LogP contribution in [0.3, 0.4) is 0 Å². The van der Waals surface area contributed by atoms with Gasteiger partial charge < -0.3 is 0 Å². The summed E-state index contributed by atoms with van der Waals surface area (Å²) < 4.78 is 40.0. The van der Waals surface area contributed by atoms with Crippen molar-refractivity contribution in [3.05, 3.63) is 81.3 Å². The maximum atomic E-state index is 12.8. The van der Waals surface area contributed by atoms with Gasteiger partial charge in [0.05, 0.1) is 0 Å². The normalized spacial score (nSPS) is 11.9. The summed E-state index contributed by atoms with van der Waals surface area (Å²) in [6.45, 7) is -0.129. The molecule has 0 N–H and O–H groups in total. The van der Waals surface area contributed by atoms with Gasteiger partial charge in [-0.25, -0.2) is 13.9 Å². The standard InChI is InChI=1S/C22H16Cl2F3N3O/c23-16-6-2-14(3-7-16)18-10-13-29-20(19(18)15-4-8-17(24)9-5-15)28-30(21(29)31)12-1-11-22(25,26)27/h2-10,13H,1,11-12H2. The first-order valence-corrected chi connectivity index (χ1v) is 10.2. The highest BCUT2D eigenvalue weighted by molar-refractivity contribution is 6.31. The molecule has 2 aromatic carbocycles. The van der Waals surface area contributed by atoms with Crippen LogP contribution in [0.4, 0.5) is 13.2 Å². The number of fused-ring (bicyclic) bond motifs is 1. The van der Waals surface area contributed by atoms with Crippen molar-refractivity contribution in [1.82, 2.24) is 14.2 Å². The van der Waals surface area contributed by atoms with E-state index in [1.807, 2.05) is 24.3 Å². The van der Waals surface area contributed by atoms with E-state index in [2.05, 4.69) is 5.10 Å². The molecule has 0 radical (unpaired) electrons. The van der Waals surface area contributed by atoms with E-state index in [1.165, 1.54) is 4.40 Å². The molecule has 0 aliphatic carbocycles. The minimum Gasteiger partial charge on any atom is -0.250 e. The van der Waals surface area contributed by atoms with E-state index < -0.39 is 18.3 Å². The molecule has 0 unspecified atom stereocenters. The lowest BCUT2D eigenvalue weighted by Crippen LogP contribution is -2.22. The Bertz CT molecular complexity index is 1280. The van der Waals surface area contributed by atoms with Crippen LogP contribution in [0, 0.1) is 0 Å². The van der Waals surface area contributed by atoms with Gasteiger partial charge in [-0.1, -0.05) is 47.5 Å². The number of aromatic nitrogens is 3. The van der Waals surface area contributed by atoms with Gasteiger partial charge in [0.2, 0.25) is 0 Å². The summed E-state index contributed by atoms with van der Waals surface area (Å²) in [5.74, 6) is 0. The smallest absolute Gasteiger partial charge is 0.250 e. The van der Waals surface area contributed by atoms with Gasteiger partial charge in [-0.15, -0.1) is 5.10 Å². The highest BCUT2D eigenvalue weighted by Crippen LogP contribution is 2.35. The van der Waals surface area contributed by atoms with Crippen molar-refractivity contribution in [2.45, 2.75) is 25.6 Å². The summed E-state index contributed by atoms with van der Waals surface area (Å²) in [6.07, 6.45) is -3.91. The molecule has 0 aliphatic heterocycles. The summed E-state index contributed by atoms with van der Waals surface area (Å²) in [6, 6.07) is 16.1. The highest BCUT2D eigenvalue weighted by Gasteiger charge is 2.26. The van der Waals surface area contributed by atoms with Gasteiger partial charge >= 0.3 is 11.9 Å². The summed E-state index contributed by atoms with van der Waals surface area (Å²) in [4.78, 5) is 12.8. The zero-order valence-electron chi connectivity index (χ0n) is 16.0. The largest absolute Gasteiger partial charge is 0.389 e. The van der Waals surface area contributed by atoms with E-state index in [4.69, 9.17) is 23.2 Å². The Balaban J connectivity index is 1.88. The molecule has 0 atom stereocenters. The molecule has 0 amide bonds. The van der Waals surface area contributed by atoms with E-state index in [1.54, 1.807) is 36.5 Å². The molecule has 2 heterocycles. The van der Waals surface area contributed by atoms with Crippen molar-refractivity contribution in [2.24, 2.45) is 0 Å². The van der Waals surface area contributed by atoms with Crippen LogP contribution in [-0.4, -0.2) is 20.4 Å². The quantitative estimate of drug-likeness (QED) is 0.338. The molecule has 0 spiro atoms. The second-order valence-corrected chi connectivity index (χ2v) is 7.91. The van der Waals surface area contributed by atoms with E-state index >= 15 is 0 Å². The van der Waals surface area contributed by atoms with Gasteiger partial charge in [-0.3, -0.25) is 0 Å². The van der Waals surface area contributed by atoms with Crippen LogP contribution in [-0.2, 0) is 6.54 Å². The van der Waals surface area contributed by atoms with Gasteiger partial charge in [0.1, 0.15) is 0 Å². The first-order valence-electron chi connectivity index (χ1n) is 9.44. The Hall–Kier alpha value is -2.77. The van der Waals surface area contributed by atoms with Crippen molar-refractivity contribution in [2.75, 3.05) is 0 Å². The van der Waals surface area contributed by atoms with E-state index in [-0.39, 0.29) is 13.0 Å². The average Bonchev–Trinajstić information content (AvgIpc) is 3.04. The van der Waals surface area contributed by atoms with Crippen LogP contribution in [0.5, 0.6) is 0 Å². The van der Waals surface area contributed by atoms with E-state index in [0.29, 0.717) is 21.3 Å². The van der Waals surface area contributed by atoms with Gasteiger partial charge in [0.15, 0.2) is 5.65 Å². The number of rotatable bonds is 5. The molecule has 4 rings (SSSR count). The number of pyridine rings is 1. The third kappa shape index (κ3) is 4.62. The maximum absolute atomic E-state index is 12.8. The molecule has 4 nitrogen and oxygen atoms in total. The Morgan fingerprint density at radius 1 is 0.871 bits per heavy atom. The fourth-order valence-corrected chi connectivity index (χ4v) is 3.68. The summed E-state index contributed by atoms with van der Waals surface area (Å²) in [7, 11) is 0. The summed E-state index contributed by atoms with van der Waals surface area (Å²) in [5.41, 5.74) is 2.97. The summed E-state index contributed by atoms with van der Waals surface area (Å²) >= 11 is 12.1. The first-order chi connectivity index (χ1) is 14.7. The molecule has 4 aromatic rings. The molecule has 0 aliphatic rings. The predicted octanol–water partition coefficient (Wildman–Crippen LogP) is 6.48. The molecule has 0 fully saturated rings. The average molecular weight is 466 g/mol. The lowest BCUT2D eigenvalue weighted by molar-refractivity contribution is -0.136. The number of hydrogen-bond acceptors (Lipinski definition) is 2. The van der Waals surface area contributed by atoms with Crippen LogP contribution < -0.4 is 5.69 Å². The van der Waals surface area contributed by atoms with Crippen molar-refractivity contribution in [3.63, 3.8) is 0 Å². The summed E-state index contributed by atoms with van der Waals surface area (Å²) in [5, 5.41) is 5.52. The third-order valence-electron chi connectivity index (χ3n) is 4.87. The van der Waals surface area contributed by atoms with Gasteiger partial charge in [0, 0.05) is 34.8 Å². The molecule has 2 aromatic heterocycles. The molecular weight excluding hydrogens is 450 g/mol. The number of alkyl halides is 3. The fraction of sp³-hybridized carbons (Fsp3) is 0.182. The van der Waals surface area contributed by atoms with E-state index in [0.717, 1.165) is 21.4 Å². The first kappa shape index (κ1) is 21.5. The molecule has 31 heavy (non-hydrogen) atoms. The third-order valence-corrected chi connectivity index (χ3v) is 5.38. The van der Waals surface area contributed by atoms with Gasteiger partial charge in [0.25, 0.3) is 0 Å². The Labute approximate surface area is 185 Å². The van der Waals surface area contributed by atoms with Gasteiger partial charge in [-0.05, 0) is 53.4 Å². The number of hydrogen-bond donors (Lipinski definition) is 0. The molecule has 0 saturated heterocycles. The SMILES string of the molecule is O=c1n(CCCC(F)(F)F)nc2c(-c3ccc(Cl)cc3)c(-c3ccc(Cl)cc3)ccn12. The monoisotopic (exact) mass is 465 g/mol. The Morgan fingerprint density at radius 3 is 2.03 bits per heavy atom. The van der Waals surface area contributed by atoms with Crippen LogP contribution in [0.15, 0.2) is 65.6 Å². The molecule has 9 heteroatoms. The lowest BCUT2D eigenvalue weighted by atomic mass is 9.96. The van der Waals surface area contributed by atoms with Crippen LogP contribution in [0.2, 0.25) is 10.0 Å². The zero-order valence-corrected chi connectivity index (χ0v) is 17.5. The number of halogens is 5. The number of nitrogens with zero attached hydrogens (tertiary/aromatic N) is 3. The van der Waals surface area contributed by atoms with Crippen molar-refractivity contribution >= 4 is 28.8 Å². The van der Waals surface area contributed by atoms with Crippen LogP contribution >= 0.6 is 23.2 Å². The predicted molar refractivity (Wildman–Crippen MR) is 116 cm³/mol. The Morgan fingerprint density at radius 2 is 1.45 bits per heavy atom. The molecular formula is C22H16Cl2F3N3O. The Kier molecular flexibility index (Phi) is 5.81. The number of benzene rings is 2. The van der Waals surface area contributed by atoms with Crippen molar-refractivity contribution in [1.29, 1.82) is 0 Å². The number of aryl methyl sites for hydroxylation is 1. The van der Waals surface area contributed by atoms with Crippen LogP contribution in [0.25, 0.3) is 27.9 Å². The molecule has 0 bridgehead atoms. The lowest BCUT2D eigenvalue weighted by Gasteiger charge is -2.11. The second-order valence-electron chi connectivity index (χ2n) is 7.04.